The predicted molar refractivity (Wildman–Crippen MR) is 67.3 cm³/mol. The van der Waals surface area contributed by atoms with Gasteiger partial charge in [-0.25, -0.2) is 0 Å². The molecular formula is C13H20N2O. The Labute approximate surface area is 97.4 Å². The minimum atomic E-state index is 0.611. The van der Waals surface area contributed by atoms with Gasteiger partial charge in [0.05, 0.1) is 7.11 Å². The molecule has 1 atom stereocenters. The van der Waals surface area contributed by atoms with Crippen LogP contribution < -0.4 is 15.0 Å². The van der Waals surface area contributed by atoms with Crippen LogP contribution in [0.15, 0.2) is 24.3 Å². The van der Waals surface area contributed by atoms with Crippen LogP contribution in [-0.4, -0.2) is 32.8 Å². The van der Waals surface area contributed by atoms with Gasteiger partial charge in [-0.3, -0.25) is 0 Å². The third-order valence-corrected chi connectivity index (χ3v) is 3.17. The quantitative estimate of drug-likeness (QED) is 0.842. The molecule has 1 fully saturated rings. The second-order valence-electron chi connectivity index (χ2n) is 4.21. The minimum absolute atomic E-state index is 0.611. The van der Waals surface area contributed by atoms with E-state index in [-0.39, 0.29) is 0 Å². The Balaban J connectivity index is 2.10. The van der Waals surface area contributed by atoms with E-state index in [1.165, 1.54) is 12.1 Å². The zero-order valence-electron chi connectivity index (χ0n) is 10.1. The maximum Gasteiger partial charge on any atom is 0.120 e. The van der Waals surface area contributed by atoms with Crippen LogP contribution in [0.5, 0.6) is 5.75 Å². The van der Waals surface area contributed by atoms with Crippen LogP contribution in [0.1, 0.15) is 13.3 Å². The summed E-state index contributed by atoms with van der Waals surface area (Å²) in [5.74, 6) is 0.934. The summed E-state index contributed by atoms with van der Waals surface area (Å²) in [7, 11) is 1.71. The van der Waals surface area contributed by atoms with Crippen molar-refractivity contribution < 1.29 is 4.74 Å². The van der Waals surface area contributed by atoms with Crippen LogP contribution in [0.2, 0.25) is 0 Å². The Kier molecular flexibility index (Phi) is 3.67. The Hall–Kier alpha value is -1.22. The lowest BCUT2D eigenvalue weighted by Crippen LogP contribution is -2.50. The molecule has 1 aromatic rings. The van der Waals surface area contributed by atoms with Crippen LogP contribution in [0.3, 0.4) is 0 Å². The van der Waals surface area contributed by atoms with Crippen molar-refractivity contribution in [2.24, 2.45) is 0 Å². The van der Waals surface area contributed by atoms with Gasteiger partial charge in [0.15, 0.2) is 0 Å². The zero-order valence-corrected chi connectivity index (χ0v) is 10.1. The number of rotatable bonds is 3. The van der Waals surface area contributed by atoms with Gasteiger partial charge in [-0.2, -0.15) is 0 Å². The number of ether oxygens (including phenoxy) is 1. The summed E-state index contributed by atoms with van der Waals surface area (Å²) in [5.41, 5.74) is 1.26. The first kappa shape index (κ1) is 11.3. The third-order valence-electron chi connectivity index (χ3n) is 3.17. The molecule has 1 aromatic carbocycles. The first-order valence-electron chi connectivity index (χ1n) is 5.96. The second kappa shape index (κ2) is 5.21. The summed E-state index contributed by atoms with van der Waals surface area (Å²) >= 11 is 0. The van der Waals surface area contributed by atoms with E-state index in [4.69, 9.17) is 4.74 Å². The highest BCUT2D eigenvalue weighted by atomic mass is 16.5. The number of benzene rings is 1. The summed E-state index contributed by atoms with van der Waals surface area (Å²) in [4.78, 5) is 2.42. The molecule has 0 bridgehead atoms. The minimum Gasteiger partial charge on any atom is -0.497 e. The SMILES string of the molecule is CCC1CN(c2cccc(OC)c2)CCN1. The van der Waals surface area contributed by atoms with Gasteiger partial charge in [0.25, 0.3) is 0 Å². The molecule has 1 unspecified atom stereocenters. The Morgan fingerprint density at radius 3 is 3.12 bits per heavy atom. The molecule has 1 saturated heterocycles. The van der Waals surface area contributed by atoms with E-state index in [0.29, 0.717) is 6.04 Å². The largest absolute Gasteiger partial charge is 0.497 e. The Bertz CT molecular complexity index is 340. The van der Waals surface area contributed by atoms with Crippen molar-refractivity contribution >= 4 is 5.69 Å². The van der Waals surface area contributed by atoms with Crippen LogP contribution in [0.4, 0.5) is 5.69 Å². The molecule has 0 amide bonds. The molecule has 2 rings (SSSR count). The average molecular weight is 220 g/mol. The molecule has 0 radical (unpaired) electrons. The maximum absolute atomic E-state index is 5.26. The smallest absolute Gasteiger partial charge is 0.120 e. The van der Waals surface area contributed by atoms with Gasteiger partial charge in [0, 0.05) is 37.4 Å². The van der Waals surface area contributed by atoms with Gasteiger partial charge in [0.1, 0.15) is 5.75 Å². The third kappa shape index (κ3) is 2.47. The van der Waals surface area contributed by atoms with Gasteiger partial charge in [0.2, 0.25) is 0 Å². The molecule has 0 aliphatic carbocycles. The van der Waals surface area contributed by atoms with Gasteiger partial charge < -0.3 is 15.0 Å². The van der Waals surface area contributed by atoms with Crippen molar-refractivity contribution in [2.75, 3.05) is 31.6 Å². The number of hydrogen-bond acceptors (Lipinski definition) is 3. The fourth-order valence-electron chi connectivity index (χ4n) is 2.14. The van der Waals surface area contributed by atoms with Crippen molar-refractivity contribution in [3.05, 3.63) is 24.3 Å². The fraction of sp³-hybridized carbons (Fsp3) is 0.538. The number of anilines is 1. The number of methoxy groups -OCH3 is 1. The molecule has 16 heavy (non-hydrogen) atoms. The number of hydrogen-bond donors (Lipinski definition) is 1. The number of piperazine rings is 1. The lowest BCUT2D eigenvalue weighted by molar-refractivity contribution is 0.413. The molecule has 1 aliphatic heterocycles. The van der Waals surface area contributed by atoms with E-state index in [0.717, 1.165) is 25.4 Å². The van der Waals surface area contributed by atoms with Gasteiger partial charge >= 0.3 is 0 Å². The highest BCUT2D eigenvalue weighted by Gasteiger charge is 2.17. The average Bonchev–Trinajstić information content (AvgIpc) is 2.39. The lowest BCUT2D eigenvalue weighted by atomic mass is 10.1. The van der Waals surface area contributed by atoms with E-state index in [1.54, 1.807) is 7.11 Å². The number of nitrogens with zero attached hydrogens (tertiary/aromatic N) is 1. The molecule has 3 nitrogen and oxygen atoms in total. The van der Waals surface area contributed by atoms with Crippen molar-refractivity contribution in [2.45, 2.75) is 19.4 Å². The Morgan fingerprint density at radius 1 is 1.50 bits per heavy atom. The van der Waals surface area contributed by atoms with E-state index < -0.39 is 0 Å². The van der Waals surface area contributed by atoms with Crippen molar-refractivity contribution in [3.8, 4) is 5.75 Å². The van der Waals surface area contributed by atoms with E-state index in [9.17, 15) is 0 Å². The zero-order chi connectivity index (χ0) is 11.4. The first-order valence-corrected chi connectivity index (χ1v) is 5.96. The maximum atomic E-state index is 5.26. The first-order chi connectivity index (χ1) is 7.83. The normalized spacial score (nSPS) is 20.9. The van der Waals surface area contributed by atoms with Gasteiger partial charge in [-0.1, -0.05) is 13.0 Å². The second-order valence-corrected chi connectivity index (χ2v) is 4.21. The summed E-state index contributed by atoms with van der Waals surface area (Å²) in [6.07, 6.45) is 1.18. The molecule has 1 heterocycles. The molecule has 88 valence electrons. The van der Waals surface area contributed by atoms with Crippen molar-refractivity contribution in [3.63, 3.8) is 0 Å². The van der Waals surface area contributed by atoms with Gasteiger partial charge in [-0.05, 0) is 18.6 Å². The highest BCUT2D eigenvalue weighted by molar-refractivity contribution is 5.51. The highest BCUT2D eigenvalue weighted by Crippen LogP contribution is 2.22. The summed E-state index contributed by atoms with van der Waals surface area (Å²) in [6.45, 7) is 5.45. The Morgan fingerprint density at radius 2 is 2.38 bits per heavy atom. The summed E-state index contributed by atoms with van der Waals surface area (Å²) < 4.78 is 5.26. The summed E-state index contributed by atoms with van der Waals surface area (Å²) in [6, 6.07) is 8.92. The van der Waals surface area contributed by atoms with Crippen LogP contribution in [0.25, 0.3) is 0 Å². The molecule has 1 N–H and O–H groups in total. The molecular weight excluding hydrogens is 200 g/mol. The molecule has 0 aromatic heterocycles. The molecule has 3 heteroatoms. The van der Waals surface area contributed by atoms with E-state index in [2.05, 4.69) is 35.3 Å². The van der Waals surface area contributed by atoms with E-state index in [1.807, 2.05) is 6.07 Å². The topological polar surface area (TPSA) is 24.5 Å². The molecule has 1 aliphatic rings. The van der Waals surface area contributed by atoms with Crippen LogP contribution in [-0.2, 0) is 0 Å². The monoisotopic (exact) mass is 220 g/mol. The van der Waals surface area contributed by atoms with Crippen LogP contribution >= 0.6 is 0 Å². The standard InChI is InChI=1S/C13H20N2O/c1-3-11-10-15(8-7-14-11)12-5-4-6-13(9-12)16-2/h4-6,9,11,14H,3,7-8,10H2,1-2H3. The molecule has 0 saturated carbocycles. The van der Waals surface area contributed by atoms with Crippen LogP contribution in [0, 0.1) is 0 Å². The fourth-order valence-corrected chi connectivity index (χ4v) is 2.14. The summed E-state index contributed by atoms with van der Waals surface area (Å²) in [5, 5.41) is 3.52. The molecule has 0 spiro atoms. The van der Waals surface area contributed by atoms with E-state index >= 15 is 0 Å². The van der Waals surface area contributed by atoms with Gasteiger partial charge in [-0.15, -0.1) is 0 Å². The van der Waals surface area contributed by atoms with Crippen molar-refractivity contribution in [1.29, 1.82) is 0 Å². The number of nitrogens with one attached hydrogen (secondary N) is 1. The lowest BCUT2D eigenvalue weighted by Gasteiger charge is -2.35. The van der Waals surface area contributed by atoms with Crippen molar-refractivity contribution in [1.82, 2.24) is 5.32 Å². The predicted octanol–water partition coefficient (Wildman–Crippen LogP) is 1.88.